The van der Waals surface area contributed by atoms with E-state index >= 15 is 0 Å². The van der Waals surface area contributed by atoms with Gasteiger partial charge in [0, 0.05) is 16.8 Å². The van der Waals surface area contributed by atoms with Crippen molar-refractivity contribution in [1.29, 1.82) is 0 Å². The van der Waals surface area contributed by atoms with Crippen LogP contribution in [0.3, 0.4) is 0 Å². The van der Waals surface area contributed by atoms with Crippen LogP contribution in [0.25, 0.3) is 61.2 Å². The molecule has 10 aromatic rings. The van der Waals surface area contributed by atoms with Gasteiger partial charge in [0.05, 0.1) is 22.4 Å². The van der Waals surface area contributed by atoms with Crippen molar-refractivity contribution in [3.8, 4) is 50.2 Å². The average molecular weight is 792 g/mol. The van der Waals surface area contributed by atoms with E-state index in [4.69, 9.17) is 4.98 Å². The van der Waals surface area contributed by atoms with E-state index < -0.39 is 5.41 Å². The zero-order valence-electron chi connectivity index (χ0n) is 34.5. The van der Waals surface area contributed by atoms with Gasteiger partial charge in [0.2, 0.25) is 0 Å². The summed E-state index contributed by atoms with van der Waals surface area (Å²) >= 11 is 0. The molecule has 0 bridgehead atoms. The Labute approximate surface area is 361 Å². The molecule has 62 heavy (non-hydrogen) atoms. The molecule has 0 N–H and O–H groups in total. The standard InChI is InChI=1S/C59H41N3/c1-58(2)48-20-9-6-17-44(48)47-36-31-41(37-52(47)58)40-29-34-43(35-30-40)61(42-32-27-39(28-33-42)38-15-4-3-5-16-38)55-26-14-24-53-56(55)62-54-25-13-12-23-51(54)59(57(62)60-53)49-21-10-7-18-45(49)46-19-8-11-22-50(46)59/h3-37H,1-2H3. The highest BCUT2D eigenvalue weighted by Gasteiger charge is 2.54. The van der Waals surface area contributed by atoms with Crippen molar-refractivity contribution in [2.24, 2.45) is 0 Å². The van der Waals surface area contributed by atoms with Crippen LogP contribution in [-0.4, -0.2) is 9.55 Å². The van der Waals surface area contributed by atoms with Gasteiger partial charge < -0.3 is 4.90 Å². The van der Waals surface area contributed by atoms with Crippen molar-refractivity contribution in [2.45, 2.75) is 24.7 Å². The zero-order chi connectivity index (χ0) is 41.2. The third-order valence-corrected chi connectivity index (χ3v) is 14.0. The van der Waals surface area contributed by atoms with Gasteiger partial charge in [-0.2, -0.15) is 0 Å². The fraction of sp³-hybridized carbons (Fsp3) is 0.0678. The molecule has 2 heterocycles. The summed E-state index contributed by atoms with van der Waals surface area (Å²) < 4.78 is 2.46. The maximum atomic E-state index is 5.67. The number of nitrogens with zero attached hydrogens (tertiary/aromatic N) is 3. The molecule has 3 nitrogen and oxygen atoms in total. The van der Waals surface area contributed by atoms with Gasteiger partial charge in [-0.05, 0) is 121 Å². The minimum atomic E-state index is -0.546. The van der Waals surface area contributed by atoms with E-state index in [-0.39, 0.29) is 5.41 Å². The Hall–Kier alpha value is -7.75. The Morgan fingerprint density at radius 3 is 1.56 bits per heavy atom. The first kappa shape index (κ1) is 35.0. The molecule has 0 amide bonds. The summed E-state index contributed by atoms with van der Waals surface area (Å²) in [6.45, 7) is 4.70. The molecule has 3 heteroatoms. The largest absolute Gasteiger partial charge is 0.308 e. The van der Waals surface area contributed by atoms with Gasteiger partial charge in [-0.3, -0.25) is 4.57 Å². The molecule has 0 unspecified atom stereocenters. The van der Waals surface area contributed by atoms with Gasteiger partial charge in [-0.1, -0.05) is 178 Å². The maximum Gasteiger partial charge on any atom is 0.134 e. The molecule has 0 saturated carbocycles. The lowest BCUT2D eigenvalue weighted by Gasteiger charge is -2.27. The number of hydrogen-bond donors (Lipinski definition) is 0. The van der Waals surface area contributed by atoms with Gasteiger partial charge >= 0.3 is 0 Å². The minimum absolute atomic E-state index is 0.0609. The van der Waals surface area contributed by atoms with Crippen LogP contribution < -0.4 is 4.90 Å². The first-order valence-corrected chi connectivity index (χ1v) is 21.6. The Morgan fingerprint density at radius 2 is 0.903 bits per heavy atom. The van der Waals surface area contributed by atoms with Crippen molar-refractivity contribution in [1.82, 2.24) is 9.55 Å². The van der Waals surface area contributed by atoms with E-state index in [1.165, 1.54) is 78.0 Å². The lowest BCUT2D eigenvalue weighted by Crippen LogP contribution is -2.27. The van der Waals surface area contributed by atoms with Crippen molar-refractivity contribution >= 4 is 28.1 Å². The van der Waals surface area contributed by atoms with E-state index in [0.29, 0.717) is 0 Å². The van der Waals surface area contributed by atoms with Gasteiger partial charge in [0.15, 0.2) is 0 Å². The molecule has 0 atom stereocenters. The summed E-state index contributed by atoms with van der Waals surface area (Å²) in [5, 5.41) is 0. The molecule has 3 aliphatic rings. The summed E-state index contributed by atoms with van der Waals surface area (Å²) in [6.07, 6.45) is 0. The SMILES string of the molecule is CC1(C)c2ccccc2-c2ccc(-c3ccc(N(c4ccc(-c5ccccc5)cc4)c4cccc5nc6n(c45)-c4ccccc4C64c5ccccc5-c5ccccc54)cc3)cc21. The van der Waals surface area contributed by atoms with Crippen molar-refractivity contribution in [2.75, 3.05) is 4.90 Å². The zero-order valence-corrected chi connectivity index (χ0v) is 34.5. The number of aromatic nitrogens is 2. The maximum absolute atomic E-state index is 5.67. The van der Waals surface area contributed by atoms with Crippen LogP contribution in [0.2, 0.25) is 0 Å². The Bertz CT molecular complexity index is 3380. The number of imidazole rings is 1. The highest BCUT2D eigenvalue weighted by molar-refractivity contribution is 6.00. The van der Waals surface area contributed by atoms with Crippen LogP contribution in [0.15, 0.2) is 212 Å². The summed E-state index contributed by atoms with van der Waals surface area (Å²) in [6, 6.07) is 78.0. The highest BCUT2D eigenvalue weighted by atomic mass is 15.2. The van der Waals surface area contributed by atoms with E-state index in [1.807, 2.05) is 0 Å². The fourth-order valence-corrected chi connectivity index (χ4v) is 11.2. The Balaban J connectivity index is 1.01. The first-order valence-electron chi connectivity index (χ1n) is 21.6. The summed E-state index contributed by atoms with van der Waals surface area (Å²) in [5.74, 6) is 1.04. The van der Waals surface area contributed by atoms with Crippen LogP contribution in [0.5, 0.6) is 0 Å². The lowest BCUT2D eigenvalue weighted by atomic mass is 9.73. The second kappa shape index (κ2) is 12.9. The quantitative estimate of drug-likeness (QED) is 0.173. The van der Waals surface area contributed by atoms with Gasteiger partial charge in [0.1, 0.15) is 11.2 Å². The molecule has 1 spiro atoms. The number of benzene rings is 9. The van der Waals surface area contributed by atoms with E-state index in [9.17, 15) is 0 Å². The van der Waals surface area contributed by atoms with Crippen LogP contribution in [-0.2, 0) is 10.8 Å². The van der Waals surface area contributed by atoms with E-state index in [0.717, 1.165) is 33.9 Å². The number of fused-ring (bicyclic) bond motifs is 15. The minimum Gasteiger partial charge on any atom is -0.308 e. The van der Waals surface area contributed by atoms with Crippen LogP contribution >= 0.6 is 0 Å². The van der Waals surface area contributed by atoms with Crippen molar-refractivity contribution in [3.63, 3.8) is 0 Å². The second-order valence-corrected chi connectivity index (χ2v) is 17.5. The second-order valence-electron chi connectivity index (χ2n) is 17.5. The average Bonchev–Trinajstić information content (AvgIpc) is 4.02. The number of rotatable bonds is 5. The summed E-state index contributed by atoms with van der Waals surface area (Å²) in [4.78, 5) is 8.09. The molecular weight excluding hydrogens is 751 g/mol. The van der Waals surface area contributed by atoms with Crippen molar-refractivity contribution in [3.05, 3.63) is 246 Å². The summed E-state index contributed by atoms with van der Waals surface area (Å²) in [7, 11) is 0. The molecule has 0 saturated heterocycles. The van der Waals surface area contributed by atoms with Gasteiger partial charge in [-0.15, -0.1) is 0 Å². The smallest absolute Gasteiger partial charge is 0.134 e. The normalized spacial score (nSPS) is 14.2. The highest BCUT2D eigenvalue weighted by Crippen LogP contribution is 2.61. The lowest BCUT2D eigenvalue weighted by molar-refractivity contribution is 0.660. The van der Waals surface area contributed by atoms with E-state index in [2.05, 4.69) is 236 Å². The molecule has 0 radical (unpaired) electrons. The van der Waals surface area contributed by atoms with E-state index in [1.54, 1.807) is 0 Å². The predicted octanol–water partition coefficient (Wildman–Crippen LogP) is 14.8. The monoisotopic (exact) mass is 791 g/mol. The molecule has 1 aliphatic heterocycles. The molecule has 13 rings (SSSR count). The Kier molecular flexibility index (Phi) is 7.28. The molecular formula is C59H41N3. The van der Waals surface area contributed by atoms with Crippen LogP contribution in [0, 0.1) is 0 Å². The molecule has 0 fully saturated rings. The number of para-hydroxylation sites is 2. The van der Waals surface area contributed by atoms with Crippen LogP contribution in [0.1, 0.15) is 47.5 Å². The molecule has 9 aromatic carbocycles. The van der Waals surface area contributed by atoms with Gasteiger partial charge in [-0.25, -0.2) is 4.98 Å². The third kappa shape index (κ3) is 4.68. The predicted molar refractivity (Wildman–Crippen MR) is 255 cm³/mol. The van der Waals surface area contributed by atoms with Gasteiger partial charge in [0.25, 0.3) is 0 Å². The molecule has 1 aromatic heterocycles. The fourth-order valence-electron chi connectivity index (χ4n) is 11.2. The number of anilines is 3. The molecule has 2 aliphatic carbocycles. The molecule has 292 valence electrons. The first-order chi connectivity index (χ1) is 30.5. The third-order valence-electron chi connectivity index (χ3n) is 14.0. The number of hydrogen-bond acceptors (Lipinski definition) is 2. The topological polar surface area (TPSA) is 21.1 Å². The Morgan fingerprint density at radius 1 is 0.403 bits per heavy atom. The summed E-state index contributed by atoms with van der Waals surface area (Å²) in [5.41, 5.74) is 22.5. The van der Waals surface area contributed by atoms with Crippen LogP contribution in [0.4, 0.5) is 17.1 Å². The van der Waals surface area contributed by atoms with Crippen molar-refractivity contribution < 1.29 is 0 Å².